The third-order valence-corrected chi connectivity index (χ3v) is 4.49. The maximum atomic E-state index is 6.09. The van der Waals surface area contributed by atoms with Crippen molar-refractivity contribution in [3.8, 4) is 0 Å². The van der Waals surface area contributed by atoms with E-state index < -0.39 is 6.48 Å². The Morgan fingerprint density at radius 2 is 2.00 bits per heavy atom. The quantitative estimate of drug-likeness (QED) is 0.802. The van der Waals surface area contributed by atoms with Gasteiger partial charge in [0.1, 0.15) is 0 Å². The van der Waals surface area contributed by atoms with Gasteiger partial charge in [0.25, 0.3) is 0 Å². The van der Waals surface area contributed by atoms with Gasteiger partial charge in [0, 0.05) is 6.61 Å². The molecule has 1 saturated heterocycles. The van der Waals surface area contributed by atoms with Gasteiger partial charge in [-0.25, -0.2) is 0 Å². The minimum atomic E-state index is -1.18. The van der Waals surface area contributed by atoms with E-state index in [9.17, 15) is 0 Å². The van der Waals surface area contributed by atoms with Gasteiger partial charge in [-0.3, -0.25) is 0 Å². The van der Waals surface area contributed by atoms with Gasteiger partial charge in [-0.2, -0.15) is 16.8 Å². The zero-order valence-corrected chi connectivity index (χ0v) is 10.7. The second-order valence-electron chi connectivity index (χ2n) is 4.47. The molecule has 1 aromatic heterocycles. The van der Waals surface area contributed by atoms with Crippen molar-refractivity contribution in [1.29, 1.82) is 0 Å². The molecule has 1 atom stereocenters. The fraction of sp³-hybridized carbons (Fsp3) is 0.231. The van der Waals surface area contributed by atoms with Crippen molar-refractivity contribution in [3.63, 3.8) is 0 Å². The summed E-state index contributed by atoms with van der Waals surface area (Å²) in [5.74, 6) is 0. The molecule has 4 heteroatoms. The number of hydrogen-bond donors (Lipinski definition) is 1. The average molecular weight is 244 g/mol. The van der Waals surface area contributed by atoms with E-state index in [0.717, 1.165) is 13.2 Å². The number of hydrogen-bond acceptors (Lipinski definition) is 3. The standard InChI is InChI=1S/C13H15BNOS/c1-11-7-8-13(17-11)14(15-9-10-16-14)12-5-3-2-4-6-12/h2-8,15H,9-10H2,1H3/q-1. The fourth-order valence-corrected chi connectivity index (χ4v) is 3.61. The third kappa shape index (κ3) is 1.82. The summed E-state index contributed by atoms with van der Waals surface area (Å²) in [6.45, 7) is 2.66. The highest BCUT2D eigenvalue weighted by atomic mass is 32.1. The Morgan fingerprint density at radius 3 is 2.59 bits per heavy atom. The van der Waals surface area contributed by atoms with Crippen LogP contribution in [0, 0.1) is 6.92 Å². The Hall–Kier alpha value is -1.10. The maximum Gasteiger partial charge on any atom is 0.248 e. The second kappa shape index (κ2) is 4.29. The monoisotopic (exact) mass is 244 g/mol. The molecule has 1 N–H and O–H groups in total. The summed E-state index contributed by atoms with van der Waals surface area (Å²) in [6, 6.07) is 14.8. The molecule has 0 amide bonds. The molecule has 1 aliphatic rings. The first-order valence-electron chi connectivity index (χ1n) is 5.97. The molecule has 1 unspecified atom stereocenters. The molecule has 2 aromatic rings. The highest BCUT2D eigenvalue weighted by Gasteiger charge is 2.33. The number of nitrogens with one attached hydrogen (secondary N) is 1. The van der Waals surface area contributed by atoms with Gasteiger partial charge >= 0.3 is 0 Å². The van der Waals surface area contributed by atoms with E-state index in [1.807, 2.05) is 17.4 Å². The Balaban J connectivity index is 2.11. The van der Waals surface area contributed by atoms with Crippen LogP contribution in [-0.4, -0.2) is 19.6 Å². The number of benzene rings is 1. The van der Waals surface area contributed by atoms with E-state index in [1.54, 1.807) is 0 Å². The lowest BCUT2D eigenvalue weighted by molar-refractivity contribution is 0.368. The minimum Gasteiger partial charge on any atom is -0.569 e. The van der Waals surface area contributed by atoms with E-state index >= 15 is 0 Å². The smallest absolute Gasteiger partial charge is 0.248 e. The van der Waals surface area contributed by atoms with Gasteiger partial charge in [0.05, 0.1) is 0 Å². The van der Waals surface area contributed by atoms with Crippen molar-refractivity contribution in [3.05, 3.63) is 47.3 Å². The first-order chi connectivity index (χ1) is 8.31. The van der Waals surface area contributed by atoms with Crippen LogP contribution in [0.3, 0.4) is 0 Å². The first-order valence-corrected chi connectivity index (χ1v) is 6.79. The van der Waals surface area contributed by atoms with Crippen LogP contribution in [0.2, 0.25) is 0 Å². The summed E-state index contributed by atoms with van der Waals surface area (Å²) < 4.78 is 7.39. The zero-order chi connectivity index (χ0) is 11.7. The zero-order valence-electron chi connectivity index (χ0n) is 9.85. The van der Waals surface area contributed by atoms with E-state index in [2.05, 4.69) is 48.5 Å². The largest absolute Gasteiger partial charge is 0.569 e. The Bertz CT molecular complexity index is 505. The van der Waals surface area contributed by atoms with Gasteiger partial charge in [0.15, 0.2) is 0 Å². The van der Waals surface area contributed by atoms with E-state index in [0.29, 0.717) is 0 Å². The molecule has 2 nitrogen and oxygen atoms in total. The average Bonchev–Trinajstić information content (AvgIpc) is 2.99. The van der Waals surface area contributed by atoms with Crippen LogP contribution in [0.4, 0.5) is 0 Å². The Morgan fingerprint density at radius 1 is 1.18 bits per heavy atom. The normalized spacial score (nSPS) is 24.1. The predicted molar refractivity (Wildman–Crippen MR) is 74.5 cm³/mol. The molecule has 0 spiro atoms. The van der Waals surface area contributed by atoms with Crippen molar-refractivity contribution < 1.29 is 4.65 Å². The molecule has 1 aliphatic heterocycles. The number of thiophene rings is 1. The highest BCUT2D eigenvalue weighted by molar-refractivity contribution is 7.27. The van der Waals surface area contributed by atoms with Crippen molar-refractivity contribution in [1.82, 2.24) is 5.23 Å². The fourth-order valence-electron chi connectivity index (χ4n) is 2.51. The van der Waals surface area contributed by atoms with Crippen LogP contribution in [0.15, 0.2) is 42.5 Å². The lowest BCUT2D eigenvalue weighted by Crippen LogP contribution is -2.66. The SMILES string of the molecule is Cc1ccc([B-]2(c3ccccc3)NCCO2)s1. The highest BCUT2D eigenvalue weighted by Crippen LogP contribution is 2.14. The lowest BCUT2D eigenvalue weighted by Gasteiger charge is -2.35. The number of aryl methyl sites for hydroxylation is 1. The molecule has 0 bridgehead atoms. The molecular weight excluding hydrogens is 229 g/mol. The summed E-state index contributed by atoms with van der Waals surface area (Å²) in [4.78, 5) is 1.33. The summed E-state index contributed by atoms with van der Waals surface area (Å²) in [7, 11) is 0. The van der Waals surface area contributed by atoms with E-state index in [-0.39, 0.29) is 0 Å². The van der Waals surface area contributed by atoms with Crippen molar-refractivity contribution in [2.75, 3.05) is 13.2 Å². The maximum absolute atomic E-state index is 6.09. The molecule has 0 aliphatic carbocycles. The van der Waals surface area contributed by atoms with E-state index in [1.165, 1.54) is 15.1 Å². The molecule has 88 valence electrons. The van der Waals surface area contributed by atoms with Crippen LogP contribution in [0.25, 0.3) is 0 Å². The van der Waals surface area contributed by atoms with Gasteiger partial charge < -0.3 is 9.88 Å². The predicted octanol–water partition coefficient (Wildman–Crippen LogP) is 1.23. The van der Waals surface area contributed by atoms with Gasteiger partial charge in [-0.15, -0.1) is 4.78 Å². The third-order valence-electron chi connectivity index (χ3n) is 3.33. The van der Waals surface area contributed by atoms with Crippen molar-refractivity contribution >= 4 is 28.1 Å². The van der Waals surface area contributed by atoms with Crippen LogP contribution < -0.4 is 15.5 Å². The van der Waals surface area contributed by atoms with Gasteiger partial charge in [0.2, 0.25) is 6.48 Å². The first kappa shape index (κ1) is 11.0. The number of rotatable bonds is 2. The molecule has 2 heterocycles. The van der Waals surface area contributed by atoms with Crippen molar-refractivity contribution in [2.45, 2.75) is 6.92 Å². The Kier molecular flexibility index (Phi) is 2.78. The molecular formula is C13H15BNOS-. The summed E-state index contributed by atoms with van der Waals surface area (Å²) >= 11 is 1.82. The molecule has 1 fully saturated rings. The minimum absolute atomic E-state index is 0.784. The second-order valence-corrected chi connectivity index (χ2v) is 5.79. The molecule has 1 aromatic carbocycles. The Labute approximate surface area is 106 Å². The topological polar surface area (TPSA) is 21.3 Å². The summed E-state index contributed by atoms with van der Waals surface area (Å²) in [5, 5.41) is 3.57. The van der Waals surface area contributed by atoms with Gasteiger partial charge in [-0.05, 0) is 18.3 Å². The molecule has 0 radical (unpaired) electrons. The van der Waals surface area contributed by atoms with Gasteiger partial charge in [-0.1, -0.05) is 42.5 Å². The van der Waals surface area contributed by atoms with Crippen molar-refractivity contribution in [2.24, 2.45) is 0 Å². The molecule has 0 saturated carbocycles. The summed E-state index contributed by atoms with van der Waals surface area (Å²) in [5.41, 5.74) is 1.24. The van der Waals surface area contributed by atoms with E-state index in [4.69, 9.17) is 4.65 Å². The van der Waals surface area contributed by atoms with Crippen LogP contribution in [0.1, 0.15) is 4.88 Å². The van der Waals surface area contributed by atoms with Crippen LogP contribution >= 0.6 is 11.3 Å². The summed E-state index contributed by atoms with van der Waals surface area (Å²) in [6.07, 6.45) is 0. The van der Waals surface area contributed by atoms with Crippen LogP contribution in [-0.2, 0) is 4.65 Å². The lowest BCUT2D eigenvalue weighted by atomic mass is 9.46. The molecule has 17 heavy (non-hydrogen) atoms. The van der Waals surface area contributed by atoms with Crippen LogP contribution in [0.5, 0.6) is 0 Å². The molecule has 3 rings (SSSR count).